The Bertz CT molecular complexity index is 1490. The van der Waals surface area contributed by atoms with Crippen LogP contribution in [0.1, 0.15) is 167 Å². The molecule has 0 fully saturated rings. The smallest absolute Gasteiger partial charge is 0.190 e. The van der Waals surface area contributed by atoms with Gasteiger partial charge in [0.15, 0.2) is 11.6 Å². The van der Waals surface area contributed by atoms with Crippen LogP contribution >= 0.6 is 0 Å². The number of Topliss-reactive ketones (excluding diaryl/α,β-unsaturated/α-hetero) is 2. The molecule has 2 rings (SSSR count). The molecule has 1 aromatic rings. The van der Waals surface area contributed by atoms with Gasteiger partial charge in [-0.25, -0.2) is 0 Å². The van der Waals surface area contributed by atoms with Crippen molar-refractivity contribution in [2.24, 2.45) is 0 Å². The van der Waals surface area contributed by atoms with Gasteiger partial charge in [-0.1, -0.05) is 106 Å². The van der Waals surface area contributed by atoms with E-state index in [1.54, 1.807) is 19.1 Å². The van der Waals surface area contributed by atoms with E-state index in [0.717, 1.165) is 64.2 Å². The molecule has 0 N–H and O–H groups in total. The molecule has 1 aromatic carbocycles. The maximum absolute atomic E-state index is 13.0. The van der Waals surface area contributed by atoms with Crippen LogP contribution in [0.2, 0.25) is 0 Å². The number of ketones is 2. The topological polar surface area (TPSA) is 34.1 Å². The van der Waals surface area contributed by atoms with Gasteiger partial charge in [0.2, 0.25) is 0 Å². The number of carbonyl (C=O) groups excluding carboxylic acids is 2. The lowest BCUT2D eigenvalue weighted by molar-refractivity contribution is 0.0973. The summed E-state index contributed by atoms with van der Waals surface area (Å²) in [5.41, 5.74) is 12.4. The van der Waals surface area contributed by atoms with Gasteiger partial charge < -0.3 is 0 Å². The van der Waals surface area contributed by atoms with Gasteiger partial charge in [-0.15, -0.1) is 0 Å². The molecule has 0 unspecified atom stereocenters. The van der Waals surface area contributed by atoms with Crippen LogP contribution in [0.4, 0.5) is 0 Å². The first kappa shape index (κ1) is 40.7. The fraction of sp³-hybridized carbons (Fsp3) is 0.478. The van der Waals surface area contributed by atoms with Crippen LogP contribution in [0, 0.1) is 0 Å². The molecule has 0 aliphatic heterocycles. The van der Waals surface area contributed by atoms with Crippen molar-refractivity contribution < 1.29 is 9.59 Å². The first-order valence-electron chi connectivity index (χ1n) is 18.3. The second-order valence-electron chi connectivity index (χ2n) is 14.3. The van der Waals surface area contributed by atoms with Crippen LogP contribution in [0.15, 0.2) is 117 Å². The second-order valence-corrected chi connectivity index (χ2v) is 14.3. The Morgan fingerprint density at radius 1 is 0.458 bits per heavy atom. The SMILES string of the molecule is CC(C)=CCC/C(C)=C/CC/C(C)=C/CC/C(C)=C/CCC(C)=CCC/C(C)=C/CC/C(C)=C/CC1=C(C)C(=O)c2ccccc2C1=O. The van der Waals surface area contributed by atoms with Crippen LogP contribution in [0.25, 0.3) is 0 Å². The standard InChI is InChI=1S/C46H64O2/c1-34(2)18-12-19-35(3)20-13-21-36(4)22-14-23-37(5)24-15-25-38(6)26-16-27-39(7)28-17-29-40(8)32-33-42-41(9)45(47)43-30-10-11-31-44(43)46(42)48/h10-11,18,20,22,24,26,28,30-32H,12-17,19,21,23,25,27,29,33H2,1-9H3/b35-20+,36-22+,37-24+,38-26?,39-28+,40-32+. The van der Waals surface area contributed by atoms with E-state index in [0.29, 0.717) is 28.7 Å². The lowest BCUT2D eigenvalue weighted by Crippen LogP contribution is -2.20. The summed E-state index contributed by atoms with van der Waals surface area (Å²) >= 11 is 0. The second kappa shape index (κ2) is 22.2. The summed E-state index contributed by atoms with van der Waals surface area (Å²) in [6.45, 7) is 19.6. The lowest BCUT2D eigenvalue weighted by Gasteiger charge is -2.18. The van der Waals surface area contributed by atoms with E-state index in [1.807, 2.05) is 12.1 Å². The maximum atomic E-state index is 13.0. The first-order valence-corrected chi connectivity index (χ1v) is 18.3. The van der Waals surface area contributed by atoms with E-state index >= 15 is 0 Å². The number of hydrogen-bond donors (Lipinski definition) is 0. The van der Waals surface area contributed by atoms with Gasteiger partial charge in [-0.05, 0) is 146 Å². The lowest BCUT2D eigenvalue weighted by atomic mass is 9.83. The minimum absolute atomic E-state index is 0.00832. The molecule has 0 radical (unpaired) electrons. The predicted molar refractivity (Wildman–Crippen MR) is 210 cm³/mol. The van der Waals surface area contributed by atoms with Crippen molar-refractivity contribution >= 4 is 11.6 Å². The zero-order valence-electron chi connectivity index (χ0n) is 31.9. The van der Waals surface area contributed by atoms with Gasteiger partial charge in [0.05, 0.1) is 0 Å². The van der Waals surface area contributed by atoms with E-state index in [2.05, 4.69) is 97.9 Å². The van der Waals surface area contributed by atoms with Crippen LogP contribution < -0.4 is 0 Å². The zero-order valence-corrected chi connectivity index (χ0v) is 31.9. The Labute approximate surface area is 294 Å². The van der Waals surface area contributed by atoms with Crippen LogP contribution in [-0.4, -0.2) is 11.6 Å². The van der Waals surface area contributed by atoms with E-state index in [1.165, 1.54) is 51.9 Å². The highest BCUT2D eigenvalue weighted by Gasteiger charge is 2.28. The number of fused-ring (bicyclic) bond motifs is 1. The summed E-state index contributed by atoms with van der Waals surface area (Å²) in [4.78, 5) is 25.7. The number of benzene rings is 1. The van der Waals surface area contributed by atoms with Crippen molar-refractivity contribution in [2.45, 2.75) is 146 Å². The summed E-state index contributed by atoms with van der Waals surface area (Å²) in [6.07, 6.45) is 30.4. The molecule has 0 heterocycles. The molecule has 0 spiro atoms. The first-order chi connectivity index (χ1) is 22.9. The Morgan fingerprint density at radius 3 is 1.12 bits per heavy atom. The summed E-state index contributed by atoms with van der Waals surface area (Å²) in [7, 11) is 0. The van der Waals surface area contributed by atoms with Crippen LogP contribution in [-0.2, 0) is 0 Å². The molecular formula is C46H64O2. The Balaban J connectivity index is 1.65. The van der Waals surface area contributed by atoms with E-state index in [4.69, 9.17) is 0 Å². The molecule has 2 nitrogen and oxygen atoms in total. The predicted octanol–water partition coefficient (Wildman–Crippen LogP) is 14.1. The Kier molecular flexibility index (Phi) is 18.8. The maximum Gasteiger partial charge on any atom is 0.190 e. The normalized spacial score (nSPS) is 15.4. The van der Waals surface area contributed by atoms with Gasteiger partial charge >= 0.3 is 0 Å². The molecule has 48 heavy (non-hydrogen) atoms. The minimum Gasteiger partial charge on any atom is -0.289 e. The van der Waals surface area contributed by atoms with Crippen molar-refractivity contribution in [2.75, 3.05) is 0 Å². The molecular weight excluding hydrogens is 585 g/mol. The highest BCUT2D eigenvalue weighted by Crippen LogP contribution is 2.28. The van der Waals surface area contributed by atoms with Gasteiger partial charge in [0.25, 0.3) is 0 Å². The molecule has 0 aromatic heterocycles. The van der Waals surface area contributed by atoms with Gasteiger partial charge in [-0.3, -0.25) is 9.59 Å². The summed E-state index contributed by atoms with van der Waals surface area (Å²) in [5.74, 6) is -0.0311. The molecule has 0 saturated carbocycles. The molecule has 0 atom stereocenters. The highest BCUT2D eigenvalue weighted by molar-refractivity contribution is 6.26. The van der Waals surface area contributed by atoms with E-state index in [-0.39, 0.29) is 11.6 Å². The molecule has 260 valence electrons. The monoisotopic (exact) mass is 648 g/mol. The fourth-order valence-corrected chi connectivity index (χ4v) is 6.01. The van der Waals surface area contributed by atoms with Crippen molar-refractivity contribution in [3.63, 3.8) is 0 Å². The average Bonchev–Trinajstić information content (AvgIpc) is 3.03. The largest absolute Gasteiger partial charge is 0.289 e. The average molecular weight is 649 g/mol. The summed E-state index contributed by atoms with van der Waals surface area (Å²) in [6, 6.07) is 7.15. The Hall–Kier alpha value is -3.52. The van der Waals surface area contributed by atoms with E-state index in [9.17, 15) is 9.59 Å². The number of carbonyl (C=O) groups is 2. The summed E-state index contributed by atoms with van der Waals surface area (Å²) < 4.78 is 0. The quantitative estimate of drug-likeness (QED) is 0.132. The van der Waals surface area contributed by atoms with Gasteiger partial charge in [0.1, 0.15) is 0 Å². The van der Waals surface area contributed by atoms with Gasteiger partial charge in [0, 0.05) is 22.3 Å². The molecule has 1 aliphatic rings. The summed E-state index contributed by atoms with van der Waals surface area (Å²) in [5, 5.41) is 0. The zero-order chi connectivity index (χ0) is 35.5. The van der Waals surface area contributed by atoms with Crippen molar-refractivity contribution in [1.82, 2.24) is 0 Å². The number of rotatable bonds is 20. The van der Waals surface area contributed by atoms with Gasteiger partial charge in [-0.2, -0.15) is 0 Å². The third-order valence-corrected chi connectivity index (χ3v) is 9.39. The third kappa shape index (κ3) is 15.6. The third-order valence-electron chi connectivity index (χ3n) is 9.39. The number of hydrogen-bond acceptors (Lipinski definition) is 2. The number of allylic oxidation sites excluding steroid dienone is 16. The Morgan fingerprint density at radius 2 is 0.771 bits per heavy atom. The highest BCUT2D eigenvalue weighted by atomic mass is 16.1. The van der Waals surface area contributed by atoms with Crippen molar-refractivity contribution in [1.29, 1.82) is 0 Å². The van der Waals surface area contributed by atoms with Crippen molar-refractivity contribution in [3.8, 4) is 0 Å². The molecule has 0 saturated heterocycles. The minimum atomic E-state index is -0.0228. The van der Waals surface area contributed by atoms with Crippen LogP contribution in [0.3, 0.4) is 0 Å². The molecule has 0 bridgehead atoms. The van der Waals surface area contributed by atoms with Crippen molar-refractivity contribution in [3.05, 3.63) is 128 Å². The van der Waals surface area contributed by atoms with Crippen LogP contribution in [0.5, 0.6) is 0 Å². The fourth-order valence-electron chi connectivity index (χ4n) is 6.01. The molecule has 2 heteroatoms. The molecule has 1 aliphatic carbocycles. The molecule has 0 amide bonds. The van der Waals surface area contributed by atoms with E-state index < -0.39 is 0 Å².